The number of hydrogen-bond donors (Lipinski definition) is 0. The zero-order valence-electron chi connectivity index (χ0n) is 13.2. The minimum atomic E-state index is -3.10. The van der Waals surface area contributed by atoms with E-state index in [1.54, 1.807) is 0 Å². The van der Waals surface area contributed by atoms with Gasteiger partial charge in [0, 0.05) is 51.0 Å². The van der Waals surface area contributed by atoms with Gasteiger partial charge < -0.3 is 9.80 Å². The van der Waals surface area contributed by atoms with Crippen molar-refractivity contribution in [2.45, 2.75) is 19.8 Å². The number of nitrogens with zero attached hydrogens (tertiary/aromatic N) is 5. The van der Waals surface area contributed by atoms with E-state index < -0.39 is 10.0 Å². The molecule has 2 aliphatic rings. The van der Waals surface area contributed by atoms with Crippen LogP contribution in [-0.4, -0.2) is 68.2 Å². The largest absolute Gasteiger partial charge is 0.354 e. The molecule has 0 bridgehead atoms. The van der Waals surface area contributed by atoms with Crippen molar-refractivity contribution in [2.24, 2.45) is 0 Å². The van der Waals surface area contributed by atoms with E-state index >= 15 is 0 Å². The number of sulfonamides is 1. The van der Waals surface area contributed by atoms with Crippen LogP contribution in [0.3, 0.4) is 0 Å². The number of aromatic nitrogens is 2. The zero-order chi connectivity index (χ0) is 15.7. The lowest BCUT2D eigenvalue weighted by Gasteiger charge is -2.34. The Labute approximate surface area is 132 Å². The van der Waals surface area contributed by atoms with Crippen LogP contribution in [-0.2, 0) is 10.0 Å². The van der Waals surface area contributed by atoms with E-state index in [0.717, 1.165) is 30.5 Å². The van der Waals surface area contributed by atoms with Crippen molar-refractivity contribution in [2.75, 3.05) is 55.3 Å². The smallest absolute Gasteiger partial charge is 0.227 e. The summed E-state index contributed by atoms with van der Waals surface area (Å²) in [6, 6.07) is 1.98. The Kier molecular flexibility index (Phi) is 4.22. The molecule has 2 fully saturated rings. The average Bonchev–Trinajstić information content (AvgIpc) is 3.00. The quantitative estimate of drug-likeness (QED) is 0.804. The SMILES string of the molecule is Cc1cc(N2CCN(S(C)(=O)=O)CC2)nc(N2CCCC2)n1. The molecule has 8 heteroatoms. The molecule has 1 aromatic heterocycles. The van der Waals surface area contributed by atoms with Crippen LogP contribution in [0.2, 0.25) is 0 Å². The maximum atomic E-state index is 11.6. The first kappa shape index (κ1) is 15.5. The molecular weight excluding hydrogens is 302 g/mol. The molecule has 0 spiro atoms. The fraction of sp³-hybridized carbons (Fsp3) is 0.714. The number of hydrogen-bond acceptors (Lipinski definition) is 6. The van der Waals surface area contributed by atoms with Gasteiger partial charge in [0.2, 0.25) is 16.0 Å². The first-order valence-corrected chi connectivity index (χ1v) is 9.59. The summed E-state index contributed by atoms with van der Waals surface area (Å²) in [5.41, 5.74) is 0.956. The number of rotatable bonds is 3. The molecule has 3 rings (SSSR count). The Balaban J connectivity index is 1.75. The third-order valence-corrected chi connectivity index (χ3v) is 5.55. The van der Waals surface area contributed by atoms with Crippen LogP contribution >= 0.6 is 0 Å². The molecule has 0 N–H and O–H groups in total. The number of piperazine rings is 1. The van der Waals surface area contributed by atoms with Crippen LogP contribution in [0, 0.1) is 6.92 Å². The molecule has 22 heavy (non-hydrogen) atoms. The lowest BCUT2D eigenvalue weighted by Crippen LogP contribution is -2.48. The van der Waals surface area contributed by atoms with E-state index in [0.29, 0.717) is 26.2 Å². The zero-order valence-corrected chi connectivity index (χ0v) is 14.0. The minimum absolute atomic E-state index is 0.515. The molecule has 0 unspecified atom stereocenters. The van der Waals surface area contributed by atoms with E-state index in [1.807, 2.05) is 13.0 Å². The summed E-state index contributed by atoms with van der Waals surface area (Å²) < 4.78 is 24.7. The Morgan fingerprint density at radius 3 is 2.18 bits per heavy atom. The molecule has 122 valence electrons. The number of aryl methyl sites for hydroxylation is 1. The normalized spacial score (nSPS) is 20.6. The summed E-state index contributed by atoms with van der Waals surface area (Å²) in [7, 11) is -3.10. The molecule has 0 atom stereocenters. The second-order valence-corrected chi connectivity index (χ2v) is 7.99. The second-order valence-electron chi connectivity index (χ2n) is 6.01. The Morgan fingerprint density at radius 1 is 0.955 bits per heavy atom. The van der Waals surface area contributed by atoms with Crippen LogP contribution in [0.4, 0.5) is 11.8 Å². The highest BCUT2D eigenvalue weighted by Gasteiger charge is 2.25. The summed E-state index contributed by atoms with van der Waals surface area (Å²) >= 11 is 0. The van der Waals surface area contributed by atoms with Crippen molar-refractivity contribution in [1.29, 1.82) is 0 Å². The summed E-state index contributed by atoms with van der Waals surface area (Å²) in [5.74, 6) is 1.71. The summed E-state index contributed by atoms with van der Waals surface area (Å²) in [5, 5.41) is 0. The molecule has 2 saturated heterocycles. The highest BCUT2D eigenvalue weighted by molar-refractivity contribution is 7.88. The molecular formula is C14H23N5O2S. The highest BCUT2D eigenvalue weighted by Crippen LogP contribution is 2.22. The first-order valence-electron chi connectivity index (χ1n) is 7.74. The molecule has 1 aromatic rings. The van der Waals surface area contributed by atoms with Crippen LogP contribution in [0.1, 0.15) is 18.5 Å². The predicted molar refractivity (Wildman–Crippen MR) is 86.8 cm³/mol. The van der Waals surface area contributed by atoms with Crippen LogP contribution in [0.15, 0.2) is 6.07 Å². The van der Waals surface area contributed by atoms with Gasteiger partial charge in [0.25, 0.3) is 0 Å². The van der Waals surface area contributed by atoms with Crippen LogP contribution in [0.25, 0.3) is 0 Å². The van der Waals surface area contributed by atoms with Gasteiger partial charge in [0.1, 0.15) is 5.82 Å². The molecule has 3 heterocycles. The van der Waals surface area contributed by atoms with Crippen molar-refractivity contribution in [3.05, 3.63) is 11.8 Å². The molecule has 7 nitrogen and oxygen atoms in total. The van der Waals surface area contributed by atoms with E-state index in [1.165, 1.54) is 23.4 Å². The molecule has 2 aliphatic heterocycles. The van der Waals surface area contributed by atoms with Gasteiger partial charge in [-0.1, -0.05) is 0 Å². The minimum Gasteiger partial charge on any atom is -0.354 e. The third kappa shape index (κ3) is 3.33. The fourth-order valence-corrected chi connectivity index (χ4v) is 3.83. The van der Waals surface area contributed by atoms with Crippen molar-refractivity contribution in [1.82, 2.24) is 14.3 Å². The fourth-order valence-electron chi connectivity index (χ4n) is 3.01. The molecule has 0 radical (unpaired) electrons. The van der Waals surface area contributed by atoms with Crippen LogP contribution < -0.4 is 9.80 Å². The van der Waals surface area contributed by atoms with E-state index in [2.05, 4.69) is 14.8 Å². The first-order chi connectivity index (χ1) is 10.4. The van der Waals surface area contributed by atoms with E-state index in [9.17, 15) is 8.42 Å². The average molecular weight is 325 g/mol. The summed E-state index contributed by atoms with van der Waals surface area (Å²) in [6.07, 6.45) is 3.66. The number of anilines is 2. The van der Waals surface area contributed by atoms with Gasteiger partial charge in [-0.2, -0.15) is 9.29 Å². The van der Waals surface area contributed by atoms with Gasteiger partial charge >= 0.3 is 0 Å². The van der Waals surface area contributed by atoms with Gasteiger partial charge in [-0.05, 0) is 19.8 Å². The maximum Gasteiger partial charge on any atom is 0.227 e. The van der Waals surface area contributed by atoms with Gasteiger partial charge in [0.05, 0.1) is 6.26 Å². The molecule has 0 saturated carbocycles. The van der Waals surface area contributed by atoms with Crippen molar-refractivity contribution in [3.63, 3.8) is 0 Å². The predicted octanol–water partition coefficient (Wildman–Crippen LogP) is 0.467. The van der Waals surface area contributed by atoms with E-state index in [-0.39, 0.29) is 0 Å². The van der Waals surface area contributed by atoms with Crippen molar-refractivity contribution in [3.8, 4) is 0 Å². The highest BCUT2D eigenvalue weighted by atomic mass is 32.2. The van der Waals surface area contributed by atoms with Crippen molar-refractivity contribution >= 4 is 21.8 Å². The standard InChI is InChI=1S/C14H23N5O2S/c1-12-11-13(16-14(15-12)18-5-3-4-6-18)17-7-9-19(10-8-17)22(2,20)21/h11H,3-10H2,1-2H3. The van der Waals surface area contributed by atoms with Gasteiger partial charge in [-0.3, -0.25) is 0 Å². The topological polar surface area (TPSA) is 69.6 Å². The van der Waals surface area contributed by atoms with Crippen LogP contribution in [0.5, 0.6) is 0 Å². The lowest BCUT2D eigenvalue weighted by atomic mass is 10.3. The Morgan fingerprint density at radius 2 is 1.59 bits per heavy atom. The monoisotopic (exact) mass is 325 g/mol. The Hall–Kier alpha value is -1.41. The van der Waals surface area contributed by atoms with Gasteiger partial charge in [-0.25, -0.2) is 13.4 Å². The summed E-state index contributed by atoms with van der Waals surface area (Å²) in [4.78, 5) is 13.6. The van der Waals surface area contributed by atoms with Gasteiger partial charge in [0.15, 0.2) is 0 Å². The molecule has 0 aromatic carbocycles. The molecule has 0 amide bonds. The summed E-state index contributed by atoms with van der Waals surface area (Å²) in [6.45, 7) is 6.39. The molecule has 0 aliphatic carbocycles. The second kappa shape index (κ2) is 6.00. The van der Waals surface area contributed by atoms with Gasteiger partial charge in [-0.15, -0.1) is 0 Å². The third-order valence-electron chi connectivity index (χ3n) is 4.25. The Bertz CT molecular complexity index is 635. The van der Waals surface area contributed by atoms with E-state index in [4.69, 9.17) is 4.98 Å². The maximum absolute atomic E-state index is 11.6. The van der Waals surface area contributed by atoms with Crippen molar-refractivity contribution < 1.29 is 8.42 Å². The lowest BCUT2D eigenvalue weighted by molar-refractivity contribution is 0.387.